The summed E-state index contributed by atoms with van der Waals surface area (Å²) in [5, 5.41) is 3.63. The van der Waals surface area contributed by atoms with E-state index in [1.165, 1.54) is 45.1 Å². The molecule has 2 nitrogen and oxygen atoms in total. The monoisotopic (exact) mass is 253 g/mol. The Bertz CT molecular complexity index is 276. The molecule has 0 aliphatic heterocycles. The van der Waals surface area contributed by atoms with Gasteiger partial charge in [-0.2, -0.15) is 0 Å². The Balaban J connectivity index is 1.98. The molecule has 1 N–H and O–H groups in total. The minimum atomic E-state index is 0.0427. The van der Waals surface area contributed by atoms with Gasteiger partial charge in [0.25, 0.3) is 0 Å². The van der Waals surface area contributed by atoms with Crippen molar-refractivity contribution in [1.82, 2.24) is 5.32 Å². The molecular formula is C16H31NO. The van der Waals surface area contributed by atoms with Gasteiger partial charge in [-0.15, -0.1) is 0 Å². The van der Waals surface area contributed by atoms with Gasteiger partial charge in [-0.05, 0) is 69.7 Å². The fraction of sp³-hybridized carbons (Fsp3) is 1.00. The first-order chi connectivity index (χ1) is 8.51. The Labute approximate surface area is 113 Å². The molecule has 0 aromatic rings. The number of hydrogen-bond acceptors (Lipinski definition) is 2. The first-order valence-electron chi connectivity index (χ1n) is 7.77. The Morgan fingerprint density at radius 1 is 1.33 bits per heavy atom. The highest BCUT2D eigenvalue weighted by Crippen LogP contribution is 2.58. The molecule has 2 fully saturated rings. The van der Waals surface area contributed by atoms with Gasteiger partial charge in [0.05, 0.1) is 5.60 Å². The van der Waals surface area contributed by atoms with Crippen LogP contribution in [0.4, 0.5) is 0 Å². The van der Waals surface area contributed by atoms with Crippen molar-refractivity contribution < 1.29 is 4.74 Å². The number of nitrogens with one attached hydrogen (secondary N) is 1. The average molecular weight is 253 g/mol. The van der Waals surface area contributed by atoms with E-state index in [0.29, 0.717) is 5.41 Å². The maximum absolute atomic E-state index is 5.61. The summed E-state index contributed by atoms with van der Waals surface area (Å²) in [6, 6.07) is 0. The van der Waals surface area contributed by atoms with E-state index in [2.05, 4.69) is 26.1 Å². The van der Waals surface area contributed by atoms with Crippen LogP contribution in [-0.2, 0) is 4.74 Å². The predicted molar refractivity (Wildman–Crippen MR) is 76.7 cm³/mol. The summed E-state index contributed by atoms with van der Waals surface area (Å²) in [5.74, 6) is 2.01. The molecular weight excluding hydrogens is 222 g/mol. The number of fused-ring (bicyclic) bond motifs is 2. The van der Waals surface area contributed by atoms with E-state index in [9.17, 15) is 0 Å². The van der Waals surface area contributed by atoms with Gasteiger partial charge < -0.3 is 10.1 Å². The van der Waals surface area contributed by atoms with Crippen molar-refractivity contribution in [3.05, 3.63) is 0 Å². The van der Waals surface area contributed by atoms with Gasteiger partial charge in [0.1, 0.15) is 0 Å². The van der Waals surface area contributed by atoms with Crippen molar-refractivity contribution in [1.29, 1.82) is 0 Å². The molecule has 2 aliphatic rings. The number of methoxy groups -OCH3 is 1. The van der Waals surface area contributed by atoms with Crippen LogP contribution in [0, 0.1) is 17.3 Å². The Kier molecular flexibility index (Phi) is 4.38. The van der Waals surface area contributed by atoms with E-state index >= 15 is 0 Å². The zero-order chi connectivity index (χ0) is 13.2. The molecule has 2 heteroatoms. The minimum absolute atomic E-state index is 0.0427. The van der Waals surface area contributed by atoms with E-state index in [1.54, 1.807) is 0 Å². The molecule has 0 aromatic heterocycles. The zero-order valence-electron chi connectivity index (χ0n) is 12.7. The van der Waals surface area contributed by atoms with Crippen molar-refractivity contribution in [3.63, 3.8) is 0 Å². The van der Waals surface area contributed by atoms with Crippen LogP contribution in [0.15, 0.2) is 0 Å². The fourth-order valence-corrected chi connectivity index (χ4v) is 4.20. The van der Waals surface area contributed by atoms with Crippen LogP contribution in [-0.4, -0.2) is 25.8 Å². The third kappa shape index (κ3) is 2.91. The number of hydrogen-bond donors (Lipinski definition) is 1. The van der Waals surface area contributed by atoms with Gasteiger partial charge in [-0.3, -0.25) is 0 Å². The molecule has 0 heterocycles. The van der Waals surface area contributed by atoms with Crippen LogP contribution in [0.3, 0.4) is 0 Å². The summed E-state index contributed by atoms with van der Waals surface area (Å²) >= 11 is 0. The molecule has 0 amide bonds. The maximum Gasteiger partial charge on any atom is 0.0623 e. The molecule has 2 rings (SSSR count). The largest absolute Gasteiger partial charge is 0.379 e. The summed E-state index contributed by atoms with van der Waals surface area (Å²) in [6.45, 7) is 9.00. The van der Waals surface area contributed by atoms with Gasteiger partial charge in [0.15, 0.2) is 0 Å². The smallest absolute Gasteiger partial charge is 0.0623 e. The van der Waals surface area contributed by atoms with Crippen molar-refractivity contribution >= 4 is 0 Å². The zero-order valence-corrected chi connectivity index (χ0v) is 12.7. The first-order valence-corrected chi connectivity index (χ1v) is 7.77. The van der Waals surface area contributed by atoms with Gasteiger partial charge in [-0.25, -0.2) is 0 Å². The highest BCUT2D eigenvalue weighted by molar-refractivity contribution is 5.01. The summed E-state index contributed by atoms with van der Waals surface area (Å²) in [5.41, 5.74) is 0.621. The van der Waals surface area contributed by atoms with Crippen LogP contribution in [0.5, 0.6) is 0 Å². The third-order valence-corrected chi connectivity index (χ3v) is 5.61. The predicted octanol–water partition coefficient (Wildman–Crippen LogP) is 3.61. The van der Waals surface area contributed by atoms with Gasteiger partial charge >= 0.3 is 0 Å². The van der Waals surface area contributed by atoms with Crippen LogP contribution >= 0.6 is 0 Å². The standard InChI is InChI=1S/C16H31NO/c1-5-17-12-16(9-8-15(2,3)18-4)11-13-6-7-14(16)10-13/h13-14,17H,5-12H2,1-4H3. The molecule has 106 valence electrons. The van der Waals surface area contributed by atoms with E-state index in [4.69, 9.17) is 4.74 Å². The quantitative estimate of drug-likeness (QED) is 0.748. The maximum atomic E-state index is 5.61. The molecule has 3 atom stereocenters. The lowest BCUT2D eigenvalue weighted by atomic mass is 9.69. The third-order valence-electron chi connectivity index (χ3n) is 5.61. The molecule has 2 saturated carbocycles. The summed E-state index contributed by atoms with van der Waals surface area (Å²) in [7, 11) is 1.85. The fourth-order valence-electron chi connectivity index (χ4n) is 4.20. The Hall–Kier alpha value is -0.0800. The summed E-state index contributed by atoms with van der Waals surface area (Å²) in [6.07, 6.45) is 8.46. The van der Waals surface area contributed by atoms with Crippen LogP contribution in [0.1, 0.15) is 59.3 Å². The van der Waals surface area contributed by atoms with Crippen molar-refractivity contribution in [2.75, 3.05) is 20.2 Å². The van der Waals surface area contributed by atoms with Crippen molar-refractivity contribution in [2.45, 2.75) is 64.9 Å². The van der Waals surface area contributed by atoms with E-state index in [1.807, 2.05) is 7.11 Å². The second-order valence-electron chi connectivity index (χ2n) is 7.19. The van der Waals surface area contributed by atoms with E-state index in [0.717, 1.165) is 18.4 Å². The SMILES string of the molecule is CCNCC1(CCC(C)(C)OC)CC2CCC1C2. The average Bonchev–Trinajstić information content (AvgIpc) is 2.95. The second-order valence-corrected chi connectivity index (χ2v) is 7.19. The molecule has 0 aromatic carbocycles. The minimum Gasteiger partial charge on any atom is -0.379 e. The molecule has 0 saturated heterocycles. The normalized spacial score (nSPS) is 35.3. The van der Waals surface area contributed by atoms with Gasteiger partial charge in [0, 0.05) is 13.7 Å². The van der Waals surface area contributed by atoms with Crippen LogP contribution < -0.4 is 5.32 Å². The second kappa shape index (κ2) is 5.50. The molecule has 0 radical (unpaired) electrons. The molecule has 18 heavy (non-hydrogen) atoms. The highest BCUT2D eigenvalue weighted by Gasteiger charge is 2.50. The van der Waals surface area contributed by atoms with Gasteiger partial charge in [-0.1, -0.05) is 13.3 Å². The summed E-state index contributed by atoms with van der Waals surface area (Å²) < 4.78 is 5.61. The van der Waals surface area contributed by atoms with Crippen LogP contribution in [0.2, 0.25) is 0 Å². The molecule has 3 unspecified atom stereocenters. The number of rotatable bonds is 7. The van der Waals surface area contributed by atoms with E-state index < -0.39 is 0 Å². The van der Waals surface area contributed by atoms with Gasteiger partial charge in [0.2, 0.25) is 0 Å². The molecule has 2 bridgehead atoms. The van der Waals surface area contributed by atoms with Crippen molar-refractivity contribution in [3.8, 4) is 0 Å². The lowest BCUT2D eigenvalue weighted by Gasteiger charge is -2.40. The highest BCUT2D eigenvalue weighted by atomic mass is 16.5. The lowest BCUT2D eigenvalue weighted by molar-refractivity contribution is -0.00339. The number of ether oxygens (including phenoxy) is 1. The molecule has 0 spiro atoms. The van der Waals surface area contributed by atoms with E-state index in [-0.39, 0.29) is 5.60 Å². The molecule has 2 aliphatic carbocycles. The van der Waals surface area contributed by atoms with Crippen LogP contribution in [0.25, 0.3) is 0 Å². The lowest BCUT2D eigenvalue weighted by Crippen LogP contribution is -2.40. The Morgan fingerprint density at radius 2 is 2.11 bits per heavy atom. The summed E-state index contributed by atoms with van der Waals surface area (Å²) in [4.78, 5) is 0. The first kappa shape index (κ1) is 14.3. The van der Waals surface area contributed by atoms with Crippen molar-refractivity contribution in [2.24, 2.45) is 17.3 Å². The topological polar surface area (TPSA) is 21.3 Å². The Morgan fingerprint density at radius 3 is 2.61 bits per heavy atom.